The summed E-state index contributed by atoms with van der Waals surface area (Å²) in [7, 11) is -2.00. The van der Waals surface area contributed by atoms with Crippen molar-refractivity contribution in [2.75, 3.05) is 17.8 Å². The number of fused-ring (bicyclic) bond motifs is 1. The van der Waals surface area contributed by atoms with Crippen molar-refractivity contribution in [2.45, 2.75) is 24.8 Å². The van der Waals surface area contributed by atoms with Crippen LogP contribution in [0.25, 0.3) is 10.2 Å². The normalized spacial score (nSPS) is 11.5. The van der Waals surface area contributed by atoms with Gasteiger partial charge < -0.3 is 4.74 Å². The molecule has 0 aliphatic heterocycles. The summed E-state index contributed by atoms with van der Waals surface area (Å²) in [5.41, 5.74) is 2.39. The van der Waals surface area contributed by atoms with Crippen LogP contribution in [0.2, 0.25) is 0 Å². The molecule has 9 heteroatoms. The van der Waals surface area contributed by atoms with Crippen LogP contribution < -0.4 is 9.64 Å². The van der Waals surface area contributed by atoms with Crippen molar-refractivity contribution in [2.24, 2.45) is 0 Å². The van der Waals surface area contributed by atoms with Gasteiger partial charge in [0.1, 0.15) is 5.75 Å². The van der Waals surface area contributed by atoms with Gasteiger partial charge >= 0.3 is 0 Å². The second-order valence-electron chi connectivity index (χ2n) is 7.51. The number of thiazole rings is 1. The maximum absolute atomic E-state index is 13.3. The lowest BCUT2D eigenvalue weighted by Gasteiger charge is -2.19. The maximum Gasteiger partial charge on any atom is 0.230 e. The van der Waals surface area contributed by atoms with Crippen LogP contribution in [0.4, 0.5) is 5.13 Å². The van der Waals surface area contributed by atoms with Gasteiger partial charge in [-0.15, -0.1) is 0 Å². The Labute approximate surface area is 196 Å². The van der Waals surface area contributed by atoms with Gasteiger partial charge in [0.2, 0.25) is 5.91 Å². The van der Waals surface area contributed by atoms with Gasteiger partial charge in [-0.1, -0.05) is 35.1 Å². The Balaban J connectivity index is 1.60. The molecule has 2 aromatic carbocycles. The average molecular weight is 482 g/mol. The van der Waals surface area contributed by atoms with E-state index >= 15 is 0 Å². The third kappa shape index (κ3) is 5.37. The third-order valence-corrected chi connectivity index (χ3v) is 7.90. The molecule has 0 atom stereocenters. The monoisotopic (exact) mass is 481 g/mol. The van der Waals surface area contributed by atoms with Crippen LogP contribution in [0.3, 0.4) is 0 Å². The zero-order valence-corrected chi connectivity index (χ0v) is 19.9. The number of amides is 1. The van der Waals surface area contributed by atoms with Gasteiger partial charge in [0.05, 0.1) is 40.2 Å². The fraction of sp³-hybridized carbons (Fsp3) is 0.208. The van der Waals surface area contributed by atoms with Crippen LogP contribution in [0.15, 0.2) is 71.8 Å². The Morgan fingerprint density at radius 1 is 1.09 bits per heavy atom. The first-order valence-electron chi connectivity index (χ1n) is 10.3. The van der Waals surface area contributed by atoms with Gasteiger partial charge in [0, 0.05) is 12.6 Å². The lowest BCUT2D eigenvalue weighted by molar-refractivity contribution is -0.118. The van der Waals surface area contributed by atoms with Gasteiger partial charge in [-0.2, -0.15) is 0 Å². The summed E-state index contributed by atoms with van der Waals surface area (Å²) < 4.78 is 31.7. The van der Waals surface area contributed by atoms with E-state index in [-0.39, 0.29) is 29.5 Å². The largest absolute Gasteiger partial charge is 0.497 e. The summed E-state index contributed by atoms with van der Waals surface area (Å²) in [6, 6.07) is 17.6. The van der Waals surface area contributed by atoms with Crippen molar-refractivity contribution in [1.29, 1.82) is 0 Å². The van der Waals surface area contributed by atoms with E-state index in [2.05, 4.69) is 9.97 Å². The highest BCUT2D eigenvalue weighted by atomic mass is 32.2. The number of hydrogen-bond acceptors (Lipinski definition) is 7. The van der Waals surface area contributed by atoms with E-state index in [1.807, 2.05) is 37.3 Å². The fourth-order valence-corrected chi connectivity index (χ4v) is 5.51. The fourth-order valence-electron chi connectivity index (χ4n) is 3.27. The van der Waals surface area contributed by atoms with E-state index in [4.69, 9.17) is 4.74 Å². The molecule has 0 unspecified atom stereocenters. The molecular formula is C24H23N3O4S2. The molecule has 0 N–H and O–H groups in total. The van der Waals surface area contributed by atoms with Crippen LogP contribution >= 0.6 is 11.3 Å². The van der Waals surface area contributed by atoms with Crippen LogP contribution in [-0.4, -0.2) is 37.2 Å². The number of ether oxygens (including phenoxy) is 1. The predicted octanol–water partition coefficient (Wildman–Crippen LogP) is 4.41. The van der Waals surface area contributed by atoms with Crippen LogP contribution in [-0.2, 0) is 21.2 Å². The summed E-state index contributed by atoms with van der Waals surface area (Å²) in [6.45, 7) is 2.09. The molecule has 0 spiro atoms. The molecule has 33 heavy (non-hydrogen) atoms. The number of aryl methyl sites for hydroxylation is 1. The lowest BCUT2D eigenvalue weighted by atomic mass is 10.2. The van der Waals surface area contributed by atoms with Crippen LogP contribution in [0.5, 0.6) is 5.75 Å². The Kier molecular flexibility index (Phi) is 6.71. The lowest BCUT2D eigenvalue weighted by Crippen LogP contribution is -2.32. The predicted molar refractivity (Wildman–Crippen MR) is 129 cm³/mol. The second-order valence-corrected chi connectivity index (χ2v) is 10.6. The van der Waals surface area contributed by atoms with Gasteiger partial charge in [0.25, 0.3) is 0 Å². The SMILES string of the molecule is COc1ccc2nc(N(Cc3ccccn3)C(=O)CCS(=O)(=O)c3ccc(C)cc3)sc2c1. The second kappa shape index (κ2) is 9.68. The molecular weight excluding hydrogens is 458 g/mol. The standard InChI is InChI=1S/C24H23N3O4S2/c1-17-6-9-20(10-7-17)33(29,30)14-12-23(28)27(16-18-5-3-4-13-25-18)24-26-21-11-8-19(31-2)15-22(21)32-24/h3-11,13,15H,12,14,16H2,1-2H3. The number of rotatable bonds is 8. The zero-order chi connectivity index (χ0) is 23.4. The van der Waals surface area contributed by atoms with Crippen molar-refractivity contribution >= 4 is 42.4 Å². The minimum absolute atomic E-state index is 0.164. The van der Waals surface area contributed by atoms with Gasteiger partial charge in [-0.3, -0.25) is 14.7 Å². The van der Waals surface area contributed by atoms with Crippen molar-refractivity contribution in [3.8, 4) is 5.75 Å². The van der Waals surface area contributed by atoms with Gasteiger partial charge in [-0.05, 0) is 49.4 Å². The van der Waals surface area contributed by atoms with Gasteiger partial charge in [0.15, 0.2) is 15.0 Å². The van der Waals surface area contributed by atoms with Crippen LogP contribution in [0, 0.1) is 6.92 Å². The number of benzene rings is 2. The molecule has 0 aliphatic rings. The minimum Gasteiger partial charge on any atom is -0.497 e. The number of nitrogens with zero attached hydrogens (tertiary/aromatic N) is 3. The quantitative estimate of drug-likeness (QED) is 0.370. The first-order chi connectivity index (χ1) is 15.9. The number of aromatic nitrogens is 2. The van der Waals surface area contributed by atoms with E-state index in [1.165, 1.54) is 16.2 Å². The van der Waals surface area contributed by atoms with E-state index in [0.717, 1.165) is 15.8 Å². The first-order valence-corrected chi connectivity index (χ1v) is 12.8. The highest BCUT2D eigenvalue weighted by molar-refractivity contribution is 7.91. The van der Waals surface area contributed by atoms with Crippen LogP contribution in [0.1, 0.15) is 17.7 Å². The molecule has 7 nitrogen and oxygen atoms in total. The van der Waals surface area contributed by atoms with E-state index in [0.29, 0.717) is 16.6 Å². The molecule has 2 aromatic heterocycles. The molecule has 1 amide bonds. The molecule has 0 aliphatic carbocycles. The molecule has 0 saturated heterocycles. The molecule has 4 rings (SSSR count). The van der Waals surface area contributed by atoms with E-state index in [1.54, 1.807) is 43.6 Å². The molecule has 170 valence electrons. The summed E-state index contributed by atoms with van der Waals surface area (Å²) in [4.78, 5) is 23.9. The maximum atomic E-state index is 13.3. The summed E-state index contributed by atoms with van der Waals surface area (Å²) >= 11 is 1.35. The number of carbonyl (C=O) groups is 1. The Morgan fingerprint density at radius 3 is 2.58 bits per heavy atom. The molecule has 0 saturated carbocycles. The number of hydrogen-bond donors (Lipinski definition) is 0. The van der Waals surface area contributed by atoms with E-state index in [9.17, 15) is 13.2 Å². The Hall–Kier alpha value is -3.30. The van der Waals surface area contributed by atoms with E-state index < -0.39 is 9.84 Å². The Morgan fingerprint density at radius 2 is 1.88 bits per heavy atom. The topological polar surface area (TPSA) is 89.5 Å². The highest BCUT2D eigenvalue weighted by Crippen LogP contribution is 2.32. The van der Waals surface area contributed by atoms with Crippen molar-refractivity contribution in [3.05, 3.63) is 78.1 Å². The number of methoxy groups -OCH3 is 1. The number of anilines is 1. The van der Waals surface area contributed by atoms with Gasteiger partial charge in [-0.25, -0.2) is 13.4 Å². The van der Waals surface area contributed by atoms with Crippen molar-refractivity contribution in [1.82, 2.24) is 9.97 Å². The zero-order valence-electron chi connectivity index (χ0n) is 18.3. The molecule has 4 aromatic rings. The highest BCUT2D eigenvalue weighted by Gasteiger charge is 2.24. The number of carbonyl (C=O) groups excluding carboxylic acids is 1. The number of pyridine rings is 1. The minimum atomic E-state index is -3.59. The third-order valence-electron chi connectivity index (χ3n) is 5.13. The molecule has 2 heterocycles. The molecule has 0 radical (unpaired) electrons. The molecule has 0 bridgehead atoms. The smallest absolute Gasteiger partial charge is 0.230 e. The number of sulfone groups is 1. The first kappa shape index (κ1) is 22.9. The summed E-state index contributed by atoms with van der Waals surface area (Å²) in [6.07, 6.45) is 1.49. The summed E-state index contributed by atoms with van der Waals surface area (Å²) in [5, 5.41) is 0.488. The molecule has 0 fully saturated rings. The average Bonchev–Trinajstić information content (AvgIpc) is 3.25. The summed E-state index contributed by atoms with van der Waals surface area (Å²) in [5.74, 6) is 0.0821. The Bertz CT molecular complexity index is 1370. The van der Waals surface area contributed by atoms with Crippen molar-refractivity contribution < 1.29 is 17.9 Å². The van der Waals surface area contributed by atoms with Crippen molar-refractivity contribution in [3.63, 3.8) is 0 Å².